The molecule has 0 unspecified atom stereocenters. The first kappa shape index (κ1) is 8.82. The van der Waals surface area contributed by atoms with Crippen LogP contribution < -0.4 is 0 Å². The van der Waals surface area contributed by atoms with Crippen molar-refractivity contribution in [3.63, 3.8) is 0 Å². The summed E-state index contributed by atoms with van der Waals surface area (Å²) in [5.74, 6) is 0.287. The number of rotatable bonds is 1. The Labute approximate surface area is 83.6 Å². The molecule has 0 aromatic heterocycles. The number of hydrogen-bond donors (Lipinski definition) is 1. The third-order valence-electron chi connectivity index (χ3n) is 2.20. The van der Waals surface area contributed by atoms with Crippen molar-refractivity contribution in [3.8, 4) is 16.9 Å². The van der Waals surface area contributed by atoms with Crippen molar-refractivity contribution in [1.82, 2.24) is 0 Å². The Hall–Kier alpha value is -1.76. The Balaban J connectivity index is 2.50. The van der Waals surface area contributed by atoms with Gasteiger partial charge in [-0.05, 0) is 35.7 Å². The van der Waals surface area contributed by atoms with E-state index in [-0.39, 0.29) is 5.75 Å². The van der Waals surface area contributed by atoms with Gasteiger partial charge < -0.3 is 5.11 Å². The molecule has 0 aliphatic rings. The van der Waals surface area contributed by atoms with Crippen molar-refractivity contribution in [2.75, 3.05) is 0 Å². The fraction of sp³-hybridized carbons (Fsp3) is 0. The average molecular weight is 183 g/mol. The van der Waals surface area contributed by atoms with Gasteiger partial charge in [-0.2, -0.15) is 0 Å². The van der Waals surface area contributed by atoms with E-state index in [2.05, 4.69) is 6.92 Å². The van der Waals surface area contributed by atoms with E-state index in [1.807, 2.05) is 36.4 Å². The van der Waals surface area contributed by atoms with Crippen LogP contribution in [0.2, 0.25) is 0 Å². The average Bonchev–Trinajstić information content (AvgIpc) is 2.20. The van der Waals surface area contributed by atoms with E-state index in [4.69, 9.17) is 5.11 Å². The van der Waals surface area contributed by atoms with Gasteiger partial charge >= 0.3 is 0 Å². The molecule has 0 atom stereocenters. The molecular weight excluding hydrogens is 172 g/mol. The minimum absolute atomic E-state index is 0.287. The van der Waals surface area contributed by atoms with Gasteiger partial charge in [0.2, 0.25) is 0 Å². The van der Waals surface area contributed by atoms with Gasteiger partial charge in [0.15, 0.2) is 0 Å². The summed E-state index contributed by atoms with van der Waals surface area (Å²) >= 11 is 0. The number of phenols is 1. The second kappa shape index (κ2) is 3.54. The van der Waals surface area contributed by atoms with E-state index >= 15 is 0 Å². The molecule has 0 spiro atoms. The summed E-state index contributed by atoms with van der Waals surface area (Å²) in [6.07, 6.45) is 0. The quantitative estimate of drug-likeness (QED) is 0.719. The molecule has 1 N–H and O–H groups in total. The molecule has 0 bridgehead atoms. The zero-order valence-electron chi connectivity index (χ0n) is 7.77. The smallest absolute Gasteiger partial charge is 0.115 e. The predicted molar refractivity (Wildman–Crippen MR) is 58.0 cm³/mol. The normalized spacial score (nSPS) is 10.1. The molecule has 0 fully saturated rings. The molecule has 2 aromatic carbocycles. The maximum atomic E-state index is 9.16. The highest BCUT2D eigenvalue weighted by Crippen LogP contribution is 2.24. The van der Waals surface area contributed by atoms with Crippen molar-refractivity contribution in [2.45, 2.75) is 0 Å². The SMILES string of the molecule is [CH2]c1ccccc1-c1ccc(O)cc1. The summed E-state index contributed by atoms with van der Waals surface area (Å²) in [5, 5.41) is 9.16. The van der Waals surface area contributed by atoms with E-state index < -0.39 is 0 Å². The summed E-state index contributed by atoms with van der Waals surface area (Å²) in [6.45, 7) is 3.96. The molecule has 0 amide bonds. The minimum Gasteiger partial charge on any atom is -0.508 e. The molecule has 1 radical (unpaired) electrons. The molecular formula is C13H11O. The van der Waals surface area contributed by atoms with Crippen molar-refractivity contribution in [2.24, 2.45) is 0 Å². The van der Waals surface area contributed by atoms with Gasteiger partial charge in [0.25, 0.3) is 0 Å². The maximum absolute atomic E-state index is 9.16. The van der Waals surface area contributed by atoms with Gasteiger partial charge in [-0.3, -0.25) is 0 Å². The Kier molecular flexibility index (Phi) is 2.23. The summed E-state index contributed by atoms with van der Waals surface area (Å²) in [6, 6.07) is 15.1. The summed E-state index contributed by atoms with van der Waals surface area (Å²) < 4.78 is 0. The Morgan fingerprint density at radius 3 is 2.14 bits per heavy atom. The molecule has 2 rings (SSSR count). The van der Waals surface area contributed by atoms with Crippen LogP contribution in [-0.2, 0) is 0 Å². The van der Waals surface area contributed by atoms with Gasteiger partial charge in [-0.1, -0.05) is 36.4 Å². The van der Waals surface area contributed by atoms with Gasteiger partial charge in [0.1, 0.15) is 5.75 Å². The van der Waals surface area contributed by atoms with Crippen LogP contribution in [0.1, 0.15) is 5.56 Å². The van der Waals surface area contributed by atoms with Crippen molar-refractivity contribution in [3.05, 3.63) is 61.0 Å². The molecule has 0 aliphatic heterocycles. The van der Waals surface area contributed by atoms with Crippen LogP contribution in [0.4, 0.5) is 0 Å². The molecule has 0 saturated heterocycles. The van der Waals surface area contributed by atoms with Crippen LogP contribution in [0, 0.1) is 6.92 Å². The van der Waals surface area contributed by atoms with Crippen LogP contribution in [0.3, 0.4) is 0 Å². The molecule has 0 aliphatic carbocycles. The van der Waals surface area contributed by atoms with Crippen molar-refractivity contribution >= 4 is 0 Å². The third-order valence-corrected chi connectivity index (χ3v) is 2.20. The summed E-state index contributed by atoms with van der Waals surface area (Å²) in [4.78, 5) is 0. The molecule has 0 saturated carbocycles. The zero-order chi connectivity index (χ0) is 9.97. The van der Waals surface area contributed by atoms with Crippen LogP contribution >= 0.6 is 0 Å². The number of aromatic hydroxyl groups is 1. The minimum atomic E-state index is 0.287. The lowest BCUT2D eigenvalue weighted by atomic mass is 10.0. The first-order valence-corrected chi connectivity index (χ1v) is 4.48. The van der Waals surface area contributed by atoms with Crippen molar-refractivity contribution in [1.29, 1.82) is 0 Å². The number of hydrogen-bond acceptors (Lipinski definition) is 1. The Morgan fingerprint density at radius 1 is 0.857 bits per heavy atom. The lowest BCUT2D eigenvalue weighted by Crippen LogP contribution is -1.81. The molecule has 14 heavy (non-hydrogen) atoms. The monoisotopic (exact) mass is 183 g/mol. The second-order valence-electron chi connectivity index (χ2n) is 3.20. The molecule has 1 nitrogen and oxygen atoms in total. The van der Waals surface area contributed by atoms with E-state index in [0.29, 0.717) is 0 Å². The Bertz CT molecular complexity index is 429. The van der Waals surface area contributed by atoms with Gasteiger partial charge in [-0.25, -0.2) is 0 Å². The second-order valence-corrected chi connectivity index (χ2v) is 3.20. The topological polar surface area (TPSA) is 20.2 Å². The Morgan fingerprint density at radius 2 is 1.50 bits per heavy atom. The van der Waals surface area contributed by atoms with Crippen molar-refractivity contribution < 1.29 is 5.11 Å². The highest BCUT2D eigenvalue weighted by molar-refractivity contribution is 5.68. The van der Waals surface area contributed by atoms with Crippen LogP contribution in [0.15, 0.2) is 48.5 Å². The van der Waals surface area contributed by atoms with E-state index in [1.165, 1.54) is 0 Å². The molecule has 1 heteroatoms. The molecule has 0 heterocycles. The molecule has 69 valence electrons. The lowest BCUT2D eigenvalue weighted by molar-refractivity contribution is 0.475. The lowest BCUT2D eigenvalue weighted by Gasteiger charge is -2.04. The molecule has 2 aromatic rings. The van der Waals surface area contributed by atoms with Crippen LogP contribution in [0.5, 0.6) is 5.75 Å². The number of benzene rings is 2. The zero-order valence-corrected chi connectivity index (χ0v) is 7.77. The largest absolute Gasteiger partial charge is 0.508 e. The van der Waals surface area contributed by atoms with E-state index in [0.717, 1.165) is 16.7 Å². The summed E-state index contributed by atoms with van der Waals surface area (Å²) in [5.41, 5.74) is 3.18. The first-order valence-electron chi connectivity index (χ1n) is 4.48. The van der Waals surface area contributed by atoms with Gasteiger partial charge in [0, 0.05) is 0 Å². The fourth-order valence-corrected chi connectivity index (χ4v) is 1.44. The highest BCUT2D eigenvalue weighted by atomic mass is 16.3. The standard InChI is InChI=1S/C13H11O/c1-10-4-2-3-5-13(10)11-6-8-12(14)9-7-11/h2-9,14H,1H2. The van der Waals surface area contributed by atoms with Gasteiger partial charge in [0.05, 0.1) is 0 Å². The van der Waals surface area contributed by atoms with E-state index in [1.54, 1.807) is 12.1 Å². The van der Waals surface area contributed by atoms with E-state index in [9.17, 15) is 0 Å². The third kappa shape index (κ3) is 1.62. The highest BCUT2D eigenvalue weighted by Gasteiger charge is 1.99. The fourth-order valence-electron chi connectivity index (χ4n) is 1.44. The predicted octanol–water partition coefficient (Wildman–Crippen LogP) is 3.24. The van der Waals surface area contributed by atoms with Crippen LogP contribution in [-0.4, -0.2) is 5.11 Å². The van der Waals surface area contributed by atoms with Crippen LogP contribution in [0.25, 0.3) is 11.1 Å². The first-order chi connectivity index (χ1) is 6.77. The maximum Gasteiger partial charge on any atom is 0.115 e. The number of phenolic OH excluding ortho intramolecular Hbond substituents is 1. The summed E-state index contributed by atoms with van der Waals surface area (Å²) in [7, 11) is 0. The van der Waals surface area contributed by atoms with Gasteiger partial charge in [-0.15, -0.1) is 0 Å².